The molecule has 0 atom stereocenters. The van der Waals surface area contributed by atoms with E-state index in [-0.39, 0.29) is 22.8 Å². The summed E-state index contributed by atoms with van der Waals surface area (Å²) in [7, 11) is 0. The van der Waals surface area contributed by atoms with Crippen molar-refractivity contribution in [3.8, 4) is 16.9 Å². The highest BCUT2D eigenvalue weighted by Gasteiger charge is 2.52. The number of carbonyl (C=O) groups is 2. The summed E-state index contributed by atoms with van der Waals surface area (Å²) in [5, 5.41) is 5.33. The molecule has 0 spiro atoms. The minimum absolute atomic E-state index is 0.00142. The van der Waals surface area contributed by atoms with Crippen LogP contribution in [0, 0.1) is 24.5 Å². The van der Waals surface area contributed by atoms with Crippen molar-refractivity contribution in [1.82, 2.24) is 29.7 Å². The molecule has 0 saturated heterocycles. The maximum Gasteiger partial charge on any atom is 0.482 e. The Labute approximate surface area is 269 Å². The van der Waals surface area contributed by atoms with Crippen molar-refractivity contribution >= 4 is 28.5 Å². The fraction of sp³-hybridized carbons (Fsp3) is 0.303. The third-order valence-electron chi connectivity index (χ3n) is 9.07. The molecule has 2 saturated carbocycles. The minimum atomic E-state index is -4.25. The van der Waals surface area contributed by atoms with Crippen molar-refractivity contribution in [2.75, 3.05) is 4.90 Å². The molecule has 2 aliphatic carbocycles. The van der Waals surface area contributed by atoms with Crippen LogP contribution >= 0.6 is 0 Å². The summed E-state index contributed by atoms with van der Waals surface area (Å²) in [4.78, 5) is 43.7. The van der Waals surface area contributed by atoms with Gasteiger partial charge in [-0.15, -0.1) is 0 Å². The van der Waals surface area contributed by atoms with Crippen LogP contribution in [-0.4, -0.2) is 47.6 Å². The SMILES string of the molecule is Cc1nn(C2(c3ccc(F)cn3)CC2)c2nc(CC3CC3)c(C(N)=O)c(-c3ccc4c(c3)OC(F)(F)C(=O)N4Cc3ncc(F)cn3)c12. The number of carbonyl (C=O) groups excluding carboxylic acids is 2. The number of hydrogen-bond donors (Lipinski definition) is 1. The molecule has 15 heteroatoms. The van der Waals surface area contributed by atoms with Crippen LogP contribution in [-0.2, 0) is 23.3 Å². The van der Waals surface area contributed by atoms with Gasteiger partial charge in [0, 0.05) is 5.56 Å². The van der Waals surface area contributed by atoms with Crippen molar-refractivity contribution < 1.29 is 31.9 Å². The molecule has 0 radical (unpaired) electrons. The Hall–Kier alpha value is -5.47. The molecule has 8 rings (SSSR count). The van der Waals surface area contributed by atoms with Gasteiger partial charge in [-0.1, -0.05) is 6.07 Å². The minimum Gasteiger partial charge on any atom is -0.423 e. The van der Waals surface area contributed by atoms with Gasteiger partial charge in [0.2, 0.25) is 0 Å². The number of amides is 2. The molecule has 2 N–H and O–H groups in total. The largest absolute Gasteiger partial charge is 0.482 e. The molecule has 3 aliphatic rings. The standard InChI is InChI=1S/C33H26F4N8O3/c1-16-26-27(18-4-6-22-23(11-18)48-33(36,37)31(47)44(22)15-25-40-13-20(35)14-41-25)28(29(38)46)21(10-17-2-3-17)42-30(26)45(43-16)32(8-9-32)24-7-5-19(34)12-39-24/h4-7,11-14,17H,2-3,8-10,15H2,1H3,(H2,38,46). The van der Waals surface area contributed by atoms with Crippen LogP contribution in [0.1, 0.15) is 58.9 Å². The molecule has 244 valence electrons. The normalized spacial score (nSPS) is 17.7. The van der Waals surface area contributed by atoms with Crippen LogP contribution in [0.4, 0.5) is 23.2 Å². The van der Waals surface area contributed by atoms with Gasteiger partial charge in [-0.25, -0.2) is 28.4 Å². The second kappa shape index (κ2) is 10.5. The molecular formula is C33H26F4N8O3. The van der Waals surface area contributed by atoms with E-state index in [0.29, 0.717) is 64.4 Å². The summed E-state index contributed by atoms with van der Waals surface area (Å²) in [6.07, 6.45) is 2.35. The number of primary amides is 1. The van der Waals surface area contributed by atoms with Crippen LogP contribution in [0.2, 0.25) is 0 Å². The zero-order valence-corrected chi connectivity index (χ0v) is 25.4. The van der Waals surface area contributed by atoms with Crippen molar-refractivity contribution in [2.24, 2.45) is 11.7 Å². The fourth-order valence-corrected chi connectivity index (χ4v) is 6.45. The quantitative estimate of drug-likeness (QED) is 0.230. The fourth-order valence-electron chi connectivity index (χ4n) is 6.45. The summed E-state index contributed by atoms with van der Waals surface area (Å²) < 4.78 is 64.0. The molecule has 5 aromatic rings. The smallest absolute Gasteiger partial charge is 0.423 e. The van der Waals surface area contributed by atoms with Crippen molar-refractivity contribution in [1.29, 1.82) is 0 Å². The van der Waals surface area contributed by atoms with Crippen LogP contribution in [0.5, 0.6) is 5.75 Å². The zero-order valence-electron chi connectivity index (χ0n) is 25.4. The van der Waals surface area contributed by atoms with Crippen LogP contribution in [0.25, 0.3) is 22.2 Å². The summed E-state index contributed by atoms with van der Waals surface area (Å²) in [5.74, 6) is -3.71. The Bertz CT molecular complexity index is 2150. The van der Waals surface area contributed by atoms with Gasteiger partial charge in [-0.3, -0.25) is 19.5 Å². The van der Waals surface area contributed by atoms with Crippen molar-refractivity contribution in [3.63, 3.8) is 0 Å². The number of aromatic nitrogens is 6. The number of anilines is 1. The summed E-state index contributed by atoms with van der Waals surface area (Å²) in [5.41, 5.74) is 8.11. The van der Waals surface area contributed by atoms with Gasteiger partial charge < -0.3 is 10.5 Å². The monoisotopic (exact) mass is 658 g/mol. The predicted octanol–water partition coefficient (Wildman–Crippen LogP) is 4.98. The van der Waals surface area contributed by atoms with E-state index in [1.807, 2.05) is 0 Å². The number of ether oxygens (including phenoxy) is 1. The molecule has 1 aliphatic heterocycles. The van der Waals surface area contributed by atoms with Gasteiger partial charge in [-0.05, 0) is 74.8 Å². The molecular weight excluding hydrogens is 632 g/mol. The van der Waals surface area contributed by atoms with Gasteiger partial charge in [0.05, 0.1) is 58.9 Å². The van der Waals surface area contributed by atoms with E-state index < -0.39 is 41.6 Å². The summed E-state index contributed by atoms with van der Waals surface area (Å²) in [6.45, 7) is 1.27. The van der Waals surface area contributed by atoms with E-state index in [1.165, 1.54) is 18.2 Å². The molecule has 2 fully saturated rings. The number of nitrogens with zero attached hydrogens (tertiary/aromatic N) is 7. The number of nitrogens with two attached hydrogens (primary N) is 1. The molecule has 2 amide bonds. The van der Waals surface area contributed by atoms with Crippen LogP contribution in [0.15, 0.2) is 48.9 Å². The average molecular weight is 659 g/mol. The topological polar surface area (TPSA) is 142 Å². The number of benzene rings is 1. The lowest BCUT2D eigenvalue weighted by molar-refractivity contribution is -0.193. The van der Waals surface area contributed by atoms with E-state index in [9.17, 15) is 18.4 Å². The first-order chi connectivity index (χ1) is 22.9. The first-order valence-electron chi connectivity index (χ1n) is 15.3. The summed E-state index contributed by atoms with van der Waals surface area (Å²) in [6, 6.07) is 7.26. The second-order valence-electron chi connectivity index (χ2n) is 12.4. The van der Waals surface area contributed by atoms with Gasteiger partial charge in [0.15, 0.2) is 17.2 Å². The number of alkyl halides is 2. The third kappa shape index (κ3) is 4.83. The molecule has 4 aromatic heterocycles. The molecule has 11 nitrogen and oxygen atoms in total. The molecule has 0 unspecified atom stereocenters. The highest BCUT2D eigenvalue weighted by Crippen LogP contribution is 2.51. The number of halogens is 4. The lowest BCUT2D eigenvalue weighted by Gasteiger charge is -2.33. The lowest BCUT2D eigenvalue weighted by Crippen LogP contribution is -2.50. The van der Waals surface area contributed by atoms with Crippen molar-refractivity contribution in [3.05, 3.63) is 89.0 Å². The first kappa shape index (κ1) is 29.9. The Kier molecular flexibility index (Phi) is 6.55. The van der Waals surface area contributed by atoms with E-state index >= 15 is 8.78 Å². The Morgan fingerprint density at radius 3 is 2.42 bits per heavy atom. The Balaban J connectivity index is 1.32. The maximum absolute atomic E-state index is 15.1. The van der Waals surface area contributed by atoms with E-state index in [4.69, 9.17) is 20.6 Å². The van der Waals surface area contributed by atoms with Gasteiger partial charge >= 0.3 is 12.0 Å². The summed E-state index contributed by atoms with van der Waals surface area (Å²) >= 11 is 0. The molecule has 5 heterocycles. The molecule has 48 heavy (non-hydrogen) atoms. The van der Waals surface area contributed by atoms with Gasteiger partial charge in [0.1, 0.15) is 17.2 Å². The number of aryl methyl sites for hydroxylation is 1. The van der Waals surface area contributed by atoms with Gasteiger partial charge in [-0.2, -0.15) is 13.9 Å². The number of fused-ring (bicyclic) bond motifs is 2. The Morgan fingerprint density at radius 2 is 1.77 bits per heavy atom. The van der Waals surface area contributed by atoms with Crippen LogP contribution in [0.3, 0.4) is 0 Å². The number of hydrogen-bond acceptors (Lipinski definition) is 8. The zero-order chi connectivity index (χ0) is 33.5. The van der Waals surface area contributed by atoms with Gasteiger partial charge in [0.25, 0.3) is 5.91 Å². The number of rotatable bonds is 8. The second-order valence-corrected chi connectivity index (χ2v) is 12.4. The molecule has 1 aromatic carbocycles. The average Bonchev–Trinajstić information content (AvgIpc) is 3.99. The Morgan fingerprint density at radius 1 is 1.04 bits per heavy atom. The van der Waals surface area contributed by atoms with Crippen LogP contribution < -0.4 is 15.4 Å². The first-order valence-corrected chi connectivity index (χ1v) is 15.3. The van der Waals surface area contributed by atoms with E-state index in [0.717, 1.165) is 36.3 Å². The van der Waals surface area contributed by atoms with Crippen molar-refractivity contribution in [2.45, 2.75) is 57.2 Å². The molecule has 0 bridgehead atoms. The highest BCUT2D eigenvalue weighted by molar-refractivity contribution is 6.10. The maximum atomic E-state index is 15.1. The lowest BCUT2D eigenvalue weighted by atomic mass is 9.92. The van der Waals surface area contributed by atoms with E-state index in [1.54, 1.807) is 23.7 Å². The third-order valence-corrected chi connectivity index (χ3v) is 9.07. The number of pyridine rings is 2. The predicted molar refractivity (Wildman–Crippen MR) is 162 cm³/mol. The highest BCUT2D eigenvalue weighted by atomic mass is 19.3. The van der Waals surface area contributed by atoms with E-state index in [2.05, 4.69) is 15.0 Å².